The number of fused-ring (bicyclic) bond motifs is 1. The van der Waals surface area contributed by atoms with Crippen molar-refractivity contribution in [2.45, 2.75) is 31.8 Å². The van der Waals surface area contributed by atoms with E-state index in [-0.39, 0.29) is 21.1 Å². The molecule has 0 aliphatic rings. The van der Waals surface area contributed by atoms with E-state index in [1.807, 2.05) is 19.9 Å². The van der Waals surface area contributed by atoms with Gasteiger partial charge in [0, 0.05) is 16.8 Å². The SMILES string of the molecule is Cc1cc(C)c2c(N)c(C(=O)OC(C)C(=O)Nc3cccc(S(N)(=O)=O)c3)sc2n1. The number of benzene rings is 1. The van der Waals surface area contributed by atoms with Crippen molar-refractivity contribution >= 4 is 54.8 Å². The van der Waals surface area contributed by atoms with Crippen molar-refractivity contribution in [2.24, 2.45) is 5.14 Å². The molecule has 9 nitrogen and oxygen atoms in total. The van der Waals surface area contributed by atoms with Crippen LogP contribution in [-0.4, -0.2) is 31.4 Å². The van der Waals surface area contributed by atoms with Crippen LogP contribution in [-0.2, 0) is 19.6 Å². The number of amides is 1. The van der Waals surface area contributed by atoms with Crippen LogP contribution in [0.25, 0.3) is 10.2 Å². The Balaban J connectivity index is 1.76. The van der Waals surface area contributed by atoms with Crippen LogP contribution in [0.1, 0.15) is 27.9 Å². The molecule has 11 heteroatoms. The summed E-state index contributed by atoms with van der Waals surface area (Å²) >= 11 is 1.10. The van der Waals surface area contributed by atoms with E-state index in [0.717, 1.165) is 22.6 Å². The lowest BCUT2D eigenvalue weighted by Gasteiger charge is -2.13. The first-order valence-corrected chi connectivity index (χ1v) is 11.1. The summed E-state index contributed by atoms with van der Waals surface area (Å²) in [5, 5.41) is 8.27. The Morgan fingerprint density at radius 2 is 1.93 bits per heavy atom. The average molecular weight is 449 g/mol. The summed E-state index contributed by atoms with van der Waals surface area (Å²) in [6.07, 6.45) is -1.16. The van der Waals surface area contributed by atoms with Gasteiger partial charge in [0.1, 0.15) is 9.71 Å². The minimum absolute atomic E-state index is 0.152. The number of sulfonamides is 1. The molecule has 0 aliphatic carbocycles. The number of nitrogen functional groups attached to an aromatic ring is 1. The van der Waals surface area contributed by atoms with Crippen LogP contribution in [0.3, 0.4) is 0 Å². The number of carbonyl (C=O) groups excluding carboxylic acids is 2. The average Bonchev–Trinajstić information content (AvgIpc) is 2.97. The van der Waals surface area contributed by atoms with Gasteiger partial charge in [0.2, 0.25) is 10.0 Å². The number of anilines is 2. The van der Waals surface area contributed by atoms with E-state index >= 15 is 0 Å². The van der Waals surface area contributed by atoms with Crippen LogP contribution in [0, 0.1) is 13.8 Å². The third kappa shape index (κ3) is 4.42. The molecule has 2 aromatic heterocycles. The summed E-state index contributed by atoms with van der Waals surface area (Å²) in [5.41, 5.74) is 8.28. The molecule has 0 bridgehead atoms. The van der Waals surface area contributed by atoms with E-state index in [4.69, 9.17) is 15.6 Å². The Kier molecular flexibility index (Phi) is 5.79. The fourth-order valence-corrected chi connectivity index (χ4v) is 4.54. The zero-order valence-electron chi connectivity index (χ0n) is 16.4. The molecule has 1 amide bonds. The molecule has 0 radical (unpaired) electrons. The van der Waals surface area contributed by atoms with Gasteiger partial charge in [-0.1, -0.05) is 6.07 Å². The lowest BCUT2D eigenvalue weighted by molar-refractivity contribution is -0.123. The number of thiophene rings is 1. The first-order chi connectivity index (χ1) is 14.0. The number of esters is 1. The number of aromatic nitrogens is 1. The molecule has 0 aliphatic heterocycles. The fraction of sp³-hybridized carbons (Fsp3) is 0.211. The normalized spacial score (nSPS) is 12.5. The standard InChI is InChI=1S/C19H20N4O5S2/c1-9-7-10(2)22-18-14(9)15(20)16(29-18)19(25)28-11(3)17(24)23-12-5-4-6-13(8-12)30(21,26)27/h4-8,11H,20H2,1-3H3,(H,23,24)(H2,21,26,27). The molecule has 3 aromatic rings. The van der Waals surface area contributed by atoms with Crippen molar-refractivity contribution < 1.29 is 22.7 Å². The number of nitrogens with one attached hydrogen (secondary N) is 1. The molecule has 30 heavy (non-hydrogen) atoms. The van der Waals surface area contributed by atoms with Crippen molar-refractivity contribution in [3.8, 4) is 0 Å². The summed E-state index contributed by atoms with van der Waals surface area (Å²) in [4.78, 5) is 30.0. The van der Waals surface area contributed by atoms with Gasteiger partial charge in [-0.05, 0) is 50.6 Å². The molecule has 0 spiro atoms. The predicted octanol–water partition coefficient (Wildman–Crippen LogP) is 2.33. The topological polar surface area (TPSA) is 154 Å². The highest BCUT2D eigenvalue weighted by molar-refractivity contribution is 7.89. The second-order valence-corrected chi connectivity index (χ2v) is 9.28. The van der Waals surface area contributed by atoms with Crippen LogP contribution >= 0.6 is 11.3 Å². The summed E-state index contributed by atoms with van der Waals surface area (Å²) < 4.78 is 28.1. The summed E-state index contributed by atoms with van der Waals surface area (Å²) in [6, 6.07) is 7.30. The van der Waals surface area contributed by atoms with Crippen LogP contribution in [0.4, 0.5) is 11.4 Å². The first kappa shape index (κ1) is 21.7. The zero-order valence-corrected chi connectivity index (χ0v) is 18.1. The monoisotopic (exact) mass is 448 g/mol. The Hall–Kier alpha value is -3.02. The molecule has 158 valence electrons. The third-order valence-electron chi connectivity index (χ3n) is 4.29. The van der Waals surface area contributed by atoms with E-state index < -0.39 is 28.0 Å². The molecule has 0 saturated heterocycles. The molecule has 0 fully saturated rings. The van der Waals surface area contributed by atoms with Crippen LogP contribution in [0.5, 0.6) is 0 Å². The van der Waals surface area contributed by atoms with Gasteiger partial charge in [-0.2, -0.15) is 0 Å². The molecular formula is C19H20N4O5S2. The molecule has 0 saturated carbocycles. The van der Waals surface area contributed by atoms with Crippen molar-refractivity contribution in [2.75, 3.05) is 11.1 Å². The predicted molar refractivity (Wildman–Crippen MR) is 115 cm³/mol. The molecular weight excluding hydrogens is 428 g/mol. The second kappa shape index (κ2) is 8.01. The maximum Gasteiger partial charge on any atom is 0.351 e. The molecule has 1 atom stereocenters. The molecule has 2 heterocycles. The van der Waals surface area contributed by atoms with E-state index in [9.17, 15) is 18.0 Å². The van der Waals surface area contributed by atoms with Gasteiger partial charge in [0.05, 0.1) is 10.6 Å². The lowest BCUT2D eigenvalue weighted by atomic mass is 10.1. The molecule has 3 rings (SSSR count). The molecule has 1 aromatic carbocycles. The Morgan fingerprint density at radius 3 is 2.60 bits per heavy atom. The largest absolute Gasteiger partial charge is 0.448 e. The third-order valence-corrected chi connectivity index (χ3v) is 6.28. The van der Waals surface area contributed by atoms with Gasteiger partial charge >= 0.3 is 5.97 Å². The van der Waals surface area contributed by atoms with Crippen molar-refractivity contribution in [3.05, 3.63) is 46.5 Å². The van der Waals surface area contributed by atoms with Crippen molar-refractivity contribution in [1.82, 2.24) is 4.98 Å². The summed E-state index contributed by atoms with van der Waals surface area (Å²) in [5.74, 6) is -1.38. The highest BCUT2D eigenvalue weighted by Crippen LogP contribution is 2.35. The van der Waals surface area contributed by atoms with Gasteiger partial charge in [-0.25, -0.2) is 23.3 Å². The number of rotatable bonds is 5. The number of hydrogen-bond acceptors (Lipinski definition) is 8. The van der Waals surface area contributed by atoms with Crippen molar-refractivity contribution in [3.63, 3.8) is 0 Å². The van der Waals surface area contributed by atoms with Gasteiger partial charge in [0.15, 0.2) is 6.10 Å². The first-order valence-electron chi connectivity index (χ1n) is 8.78. The highest BCUT2D eigenvalue weighted by atomic mass is 32.2. The Labute approximate surface area is 177 Å². The summed E-state index contributed by atoms with van der Waals surface area (Å²) in [7, 11) is -3.92. The minimum Gasteiger partial charge on any atom is -0.448 e. The lowest BCUT2D eigenvalue weighted by Crippen LogP contribution is -2.30. The fourth-order valence-electron chi connectivity index (χ4n) is 2.88. The minimum atomic E-state index is -3.92. The number of carbonyl (C=O) groups is 2. The maximum absolute atomic E-state index is 12.6. The van der Waals surface area contributed by atoms with Crippen LogP contribution < -0.4 is 16.2 Å². The highest BCUT2D eigenvalue weighted by Gasteiger charge is 2.24. The smallest absolute Gasteiger partial charge is 0.351 e. The number of aryl methyl sites for hydroxylation is 2. The zero-order chi connectivity index (χ0) is 22.2. The van der Waals surface area contributed by atoms with E-state index in [2.05, 4.69) is 10.3 Å². The van der Waals surface area contributed by atoms with Gasteiger partial charge < -0.3 is 15.8 Å². The molecule has 1 unspecified atom stereocenters. The maximum atomic E-state index is 12.6. The Morgan fingerprint density at radius 1 is 1.23 bits per heavy atom. The summed E-state index contributed by atoms with van der Waals surface area (Å²) in [6.45, 7) is 5.12. The second-order valence-electron chi connectivity index (χ2n) is 6.72. The van der Waals surface area contributed by atoms with Crippen molar-refractivity contribution in [1.29, 1.82) is 0 Å². The quantitative estimate of drug-likeness (QED) is 0.506. The number of pyridine rings is 1. The van der Waals surface area contributed by atoms with Gasteiger partial charge in [-0.15, -0.1) is 11.3 Å². The van der Waals surface area contributed by atoms with Crippen LogP contribution in [0.2, 0.25) is 0 Å². The van der Waals surface area contributed by atoms with E-state index in [0.29, 0.717) is 10.2 Å². The van der Waals surface area contributed by atoms with E-state index in [1.54, 1.807) is 0 Å². The number of nitrogens with two attached hydrogens (primary N) is 2. The van der Waals surface area contributed by atoms with Crippen LogP contribution in [0.15, 0.2) is 35.2 Å². The van der Waals surface area contributed by atoms with E-state index in [1.165, 1.54) is 31.2 Å². The number of ether oxygens (including phenoxy) is 1. The van der Waals surface area contributed by atoms with Gasteiger partial charge in [0.25, 0.3) is 5.91 Å². The molecule has 5 N–H and O–H groups in total. The number of hydrogen-bond donors (Lipinski definition) is 3. The number of nitrogens with zero attached hydrogens (tertiary/aromatic N) is 1. The Bertz CT molecular complexity index is 1270. The van der Waals surface area contributed by atoms with Gasteiger partial charge in [-0.3, -0.25) is 4.79 Å². The number of primary sulfonamides is 1.